The van der Waals surface area contributed by atoms with Crippen molar-refractivity contribution in [3.05, 3.63) is 35.9 Å². The van der Waals surface area contributed by atoms with Gasteiger partial charge in [-0.05, 0) is 25.8 Å². The van der Waals surface area contributed by atoms with Crippen molar-refractivity contribution < 1.29 is 19.4 Å². The van der Waals surface area contributed by atoms with Gasteiger partial charge in [-0.1, -0.05) is 30.3 Å². The van der Waals surface area contributed by atoms with Crippen molar-refractivity contribution in [2.24, 2.45) is 11.8 Å². The molecule has 1 aliphatic carbocycles. The van der Waals surface area contributed by atoms with Gasteiger partial charge in [-0.15, -0.1) is 0 Å². The van der Waals surface area contributed by atoms with Crippen LogP contribution in [0.3, 0.4) is 0 Å². The summed E-state index contributed by atoms with van der Waals surface area (Å²) in [5.41, 5.74) is 5.19. The van der Waals surface area contributed by atoms with Crippen molar-refractivity contribution >= 4 is 11.9 Å². The monoisotopic (exact) mass is 318 g/mol. The number of aliphatic hydroxyl groups is 1. The first-order valence-corrected chi connectivity index (χ1v) is 7.95. The smallest absolute Gasteiger partial charge is 0.312 e. The maximum absolute atomic E-state index is 12.6. The van der Waals surface area contributed by atoms with E-state index in [1.54, 1.807) is 13.8 Å². The molecule has 3 rings (SSSR count). The van der Waals surface area contributed by atoms with Gasteiger partial charge >= 0.3 is 5.97 Å². The Labute approximate surface area is 135 Å². The Hall–Kier alpha value is -1.92. The van der Waals surface area contributed by atoms with Crippen LogP contribution < -0.4 is 10.9 Å². The number of hydrogen-bond donors (Lipinski definition) is 3. The van der Waals surface area contributed by atoms with Crippen molar-refractivity contribution in [3.63, 3.8) is 0 Å². The van der Waals surface area contributed by atoms with E-state index in [0.717, 1.165) is 5.56 Å². The van der Waals surface area contributed by atoms with Crippen LogP contribution in [0.2, 0.25) is 0 Å². The van der Waals surface area contributed by atoms with Crippen LogP contribution in [0.25, 0.3) is 0 Å². The molecule has 1 amide bonds. The fraction of sp³-hybridized carbons (Fsp3) is 0.529. The summed E-state index contributed by atoms with van der Waals surface area (Å²) in [7, 11) is 0. The second-order valence-electron chi connectivity index (χ2n) is 6.49. The van der Waals surface area contributed by atoms with E-state index in [1.807, 2.05) is 30.3 Å². The molecule has 1 saturated heterocycles. The summed E-state index contributed by atoms with van der Waals surface area (Å²) in [4.78, 5) is 24.9. The molecule has 0 spiro atoms. The molecule has 6 heteroatoms. The zero-order valence-corrected chi connectivity index (χ0v) is 13.3. The average Bonchev–Trinajstić information content (AvgIpc) is 2.86. The number of benzene rings is 1. The normalized spacial score (nSPS) is 36.2. The first kappa shape index (κ1) is 16.0. The molecule has 1 aliphatic heterocycles. The molecule has 23 heavy (non-hydrogen) atoms. The average molecular weight is 318 g/mol. The van der Waals surface area contributed by atoms with E-state index in [2.05, 4.69) is 10.9 Å². The molecule has 3 N–H and O–H groups in total. The van der Waals surface area contributed by atoms with Crippen molar-refractivity contribution in [2.45, 2.75) is 37.8 Å². The summed E-state index contributed by atoms with van der Waals surface area (Å²) in [5, 5.41) is 10.9. The largest absolute Gasteiger partial charge is 0.466 e. The molecule has 0 aromatic heterocycles. The van der Waals surface area contributed by atoms with E-state index >= 15 is 0 Å². The first-order valence-electron chi connectivity index (χ1n) is 7.95. The minimum atomic E-state index is -1.26. The Morgan fingerprint density at radius 1 is 1.35 bits per heavy atom. The second-order valence-corrected chi connectivity index (χ2v) is 6.49. The predicted octanol–water partition coefficient (Wildman–Crippen LogP) is 0.723. The molecule has 1 aromatic carbocycles. The molecule has 0 unspecified atom stereocenters. The highest BCUT2D eigenvalue weighted by atomic mass is 16.5. The lowest BCUT2D eigenvalue weighted by molar-refractivity contribution is -0.165. The summed E-state index contributed by atoms with van der Waals surface area (Å²) in [6, 6.07) is 9.19. The van der Waals surface area contributed by atoms with Crippen LogP contribution >= 0.6 is 0 Å². The van der Waals surface area contributed by atoms with E-state index in [9.17, 15) is 14.7 Å². The van der Waals surface area contributed by atoms with Gasteiger partial charge in [-0.3, -0.25) is 15.0 Å². The van der Waals surface area contributed by atoms with Crippen molar-refractivity contribution in [1.29, 1.82) is 0 Å². The van der Waals surface area contributed by atoms with Gasteiger partial charge in [-0.25, -0.2) is 5.43 Å². The quantitative estimate of drug-likeness (QED) is 0.715. The van der Waals surface area contributed by atoms with Crippen LogP contribution in [0.5, 0.6) is 0 Å². The molecule has 0 radical (unpaired) electrons. The van der Waals surface area contributed by atoms with E-state index in [-0.39, 0.29) is 18.6 Å². The Morgan fingerprint density at radius 3 is 2.70 bits per heavy atom. The van der Waals surface area contributed by atoms with Crippen LogP contribution in [0.4, 0.5) is 0 Å². The summed E-state index contributed by atoms with van der Waals surface area (Å²) in [6.45, 7) is 3.62. The first-order chi connectivity index (χ1) is 11.0. The number of carbonyl (C=O) groups excluding carboxylic acids is 2. The fourth-order valence-electron chi connectivity index (χ4n) is 3.98. The number of hydrazine groups is 1. The molecule has 2 aliphatic rings. The van der Waals surface area contributed by atoms with E-state index in [4.69, 9.17) is 4.74 Å². The van der Waals surface area contributed by atoms with Crippen molar-refractivity contribution in [3.8, 4) is 0 Å². The highest BCUT2D eigenvalue weighted by molar-refractivity contribution is 5.85. The van der Waals surface area contributed by atoms with Gasteiger partial charge in [0.1, 0.15) is 0 Å². The predicted molar refractivity (Wildman–Crippen MR) is 83.1 cm³/mol. The summed E-state index contributed by atoms with van der Waals surface area (Å²) < 4.78 is 5.20. The number of hydrogen-bond acceptors (Lipinski definition) is 5. The molecule has 5 atom stereocenters. The van der Waals surface area contributed by atoms with Crippen molar-refractivity contribution in [2.75, 3.05) is 6.61 Å². The number of rotatable bonds is 3. The van der Waals surface area contributed by atoms with Gasteiger partial charge in [0.2, 0.25) is 5.91 Å². The molecule has 2 fully saturated rings. The third-order valence-electron chi connectivity index (χ3n) is 4.89. The number of amides is 1. The minimum Gasteiger partial charge on any atom is -0.466 e. The van der Waals surface area contributed by atoms with Gasteiger partial charge in [0.15, 0.2) is 0 Å². The molecular weight excluding hydrogens is 296 g/mol. The maximum atomic E-state index is 12.6. The minimum absolute atomic E-state index is 0.145. The molecule has 1 saturated carbocycles. The molecular formula is C17H22N2O4. The topological polar surface area (TPSA) is 87.7 Å². The lowest BCUT2D eigenvalue weighted by Gasteiger charge is -2.45. The summed E-state index contributed by atoms with van der Waals surface area (Å²) in [5.74, 6) is -2.22. The van der Waals surface area contributed by atoms with E-state index in [0.29, 0.717) is 6.42 Å². The van der Waals surface area contributed by atoms with Crippen LogP contribution in [-0.4, -0.2) is 35.2 Å². The van der Waals surface area contributed by atoms with Crippen LogP contribution in [0, 0.1) is 11.8 Å². The lowest BCUT2D eigenvalue weighted by Crippen LogP contribution is -2.56. The van der Waals surface area contributed by atoms with Gasteiger partial charge < -0.3 is 9.84 Å². The van der Waals surface area contributed by atoms with Crippen LogP contribution in [0.1, 0.15) is 31.7 Å². The third kappa shape index (κ3) is 2.72. The fourth-order valence-corrected chi connectivity index (χ4v) is 3.98. The maximum Gasteiger partial charge on any atom is 0.312 e. The third-order valence-corrected chi connectivity index (χ3v) is 4.89. The van der Waals surface area contributed by atoms with Gasteiger partial charge in [0, 0.05) is 12.0 Å². The Morgan fingerprint density at radius 2 is 2.04 bits per heavy atom. The second kappa shape index (κ2) is 5.94. The molecule has 0 bridgehead atoms. The summed E-state index contributed by atoms with van der Waals surface area (Å²) >= 11 is 0. The van der Waals surface area contributed by atoms with Crippen LogP contribution in [0.15, 0.2) is 30.3 Å². The number of fused-ring (bicyclic) bond motifs is 1. The number of nitrogens with one attached hydrogen (secondary N) is 2. The Kier molecular flexibility index (Phi) is 4.12. The zero-order valence-electron chi connectivity index (χ0n) is 13.3. The number of ether oxygens (including phenoxy) is 1. The lowest BCUT2D eigenvalue weighted by atomic mass is 9.61. The Balaban J connectivity index is 2.08. The SMILES string of the molecule is CCOC(=O)[C@@H]1[C@H](c2ccccc2)[C@@H]2C(=O)NN[C@H]2C[C@]1(C)O. The van der Waals surface area contributed by atoms with Gasteiger partial charge in [-0.2, -0.15) is 0 Å². The highest BCUT2D eigenvalue weighted by Gasteiger charge is 2.58. The standard InChI is InChI=1S/C17H22N2O4/c1-3-23-16(21)14-12(10-7-5-4-6-8-10)13-11(9-17(14,2)22)18-19-15(13)20/h4-8,11-14,18,22H,3,9H2,1-2H3,(H,19,20)/t11-,12+,13+,14-,17-/m0/s1. The molecule has 1 aromatic rings. The number of carbonyl (C=O) groups is 2. The Bertz CT molecular complexity index is 602. The van der Waals surface area contributed by atoms with E-state index < -0.39 is 29.3 Å². The molecule has 124 valence electrons. The zero-order chi connectivity index (χ0) is 16.6. The molecule has 6 nitrogen and oxygen atoms in total. The van der Waals surface area contributed by atoms with Gasteiger partial charge in [0.05, 0.1) is 24.0 Å². The van der Waals surface area contributed by atoms with E-state index in [1.165, 1.54) is 0 Å². The van der Waals surface area contributed by atoms with Crippen LogP contribution in [-0.2, 0) is 14.3 Å². The van der Waals surface area contributed by atoms with Crippen molar-refractivity contribution in [1.82, 2.24) is 10.9 Å². The number of esters is 1. The molecule has 1 heterocycles. The summed E-state index contributed by atoms with van der Waals surface area (Å²) in [6.07, 6.45) is 0.309. The highest BCUT2D eigenvalue weighted by Crippen LogP contribution is 2.48. The van der Waals surface area contributed by atoms with Gasteiger partial charge in [0.25, 0.3) is 0 Å².